The minimum atomic E-state index is -0.448. The van der Waals surface area contributed by atoms with Gasteiger partial charge in [0.25, 0.3) is 11.8 Å². The summed E-state index contributed by atoms with van der Waals surface area (Å²) in [5, 5.41) is 3.14. The highest BCUT2D eigenvalue weighted by molar-refractivity contribution is 6.36. The summed E-state index contributed by atoms with van der Waals surface area (Å²) in [6.45, 7) is 4.04. The summed E-state index contributed by atoms with van der Waals surface area (Å²) < 4.78 is 26.6. The minimum absolute atomic E-state index is 0.145. The first-order chi connectivity index (χ1) is 15.3. The molecule has 6 heteroatoms. The lowest BCUT2D eigenvalue weighted by Crippen LogP contribution is -2.34. The number of carbonyl (C=O) groups is 2. The SMILES string of the molecule is Cc1ccc(NC2=C(c3ccc(F)cc3)C(=O)N(CCc3ccc(F)cc3)C2=O)c(C)c1. The lowest BCUT2D eigenvalue weighted by atomic mass is 10.0. The van der Waals surface area contributed by atoms with Crippen molar-refractivity contribution >= 4 is 23.1 Å². The Hall–Kier alpha value is -3.80. The highest BCUT2D eigenvalue weighted by Crippen LogP contribution is 2.31. The molecule has 0 radical (unpaired) electrons. The van der Waals surface area contributed by atoms with Gasteiger partial charge in [-0.1, -0.05) is 42.0 Å². The number of anilines is 1. The van der Waals surface area contributed by atoms with E-state index in [1.807, 2.05) is 32.0 Å². The number of benzene rings is 3. The predicted molar refractivity (Wildman–Crippen MR) is 120 cm³/mol. The van der Waals surface area contributed by atoms with Gasteiger partial charge in [-0.05, 0) is 67.3 Å². The Balaban J connectivity index is 1.67. The van der Waals surface area contributed by atoms with E-state index >= 15 is 0 Å². The largest absolute Gasteiger partial charge is 0.350 e. The number of hydrogen-bond donors (Lipinski definition) is 1. The second-order valence-corrected chi connectivity index (χ2v) is 7.84. The Morgan fingerprint density at radius 3 is 2.06 bits per heavy atom. The molecule has 0 unspecified atom stereocenters. The van der Waals surface area contributed by atoms with Gasteiger partial charge in [0, 0.05) is 12.2 Å². The summed E-state index contributed by atoms with van der Waals surface area (Å²) in [7, 11) is 0. The molecule has 0 saturated heterocycles. The van der Waals surface area contributed by atoms with Crippen LogP contribution < -0.4 is 5.32 Å². The monoisotopic (exact) mass is 432 g/mol. The van der Waals surface area contributed by atoms with Crippen molar-refractivity contribution in [3.63, 3.8) is 0 Å². The Labute approximate surface area is 185 Å². The zero-order chi connectivity index (χ0) is 22.8. The van der Waals surface area contributed by atoms with E-state index in [0.717, 1.165) is 16.7 Å². The van der Waals surface area contributed by atoms with Gasteiger partial charge in [-0.2, -0.15) is 0 Å². The maximum absolute atomic E-state index is 13.5. The van der Waals surface area contributed by atoms with Gasteiger partial charge in [-0.15, -0.1) is 0 Å². The van der Waals surface area contributed by atoms with Crippen LogP contribution in [0.4, 0.5) is 14.5 Å². The first-order valence-corrected chi connectivity index (χ1v) is 10.3. The molecule has 162 valence electrons. The number of nitrogens with one attached hydrogen (secondary N) is 1. The van der Waals surface area contributed by atoms with Crippen LogP contribution in [-0.4, -0.2) is 23.3 Å². The summed E-state index contributed by atoms with van der Waals surface area (Å²) in [5.41, 5.74) is 4.36. The van der Waals surface area contributed by atoms with E-state index in [1.165, 1.54) is 41.3 Å². The standard InChI is InChI=1S/C26H22F2N2O2/c1-16-3-12-22(17(2)15-16)29-24-23(19-6-10-21(28)11-7-19)25(31)30(26(24)32)14-13-18-4-8-20(27)9-5-18/h3-12,15,29H,13-14H2,1-2H3. The minimum Gasteiger partial charge on any atom is -0.350 e. The molecule has 4 rings (SSSR count). The van der Waals surface area contributed by atoms with Crippen LogP contribution >= 0.6 is 0 Å². The first-order valence-electron chi connectivity index (χ1n) is 10.3. The summed E-state index contributed by atoms with van der Waals surface area (Å²) in [6.07, 6.45) is 0.394. The molecule has 4 nitrogen and oxygen atoms in total. The lowest BCUT2D eigenvalue weighted by Gasteiger charge is -2.16. The number of halogens is 2. The number of hydrogen-bond acceptors (Lipinski definition) is 3. The average Bonchev–Trinajstić information content (AvgIpc) is 2.99. The van der Waals surface area contributed by atoms with Gasteiger partial charge in [0.1, 0.15) is 17.3 Å². The second kappa shape index (κ2) is 8.75. The van der Waals surface area contributed by atoms with Crippen LogP contribution in [0.1, 0.15) is 22.3 Å². The third-order valence-corrected chi connectivity index (χ3v) is 5.48. The van der Waals surface area contributed by atoms with Crippen molar-refractivity contribution in [2.24, 2.45) is 0 Å². The number of nitrogens with zero attached hydrogens (tertiary/aromatic N) is 1. The first kappa shape index (κ1) is 21.4. The number of amides is 2. The van der Waals surface area contributed by atoms with Crippen molar-refractivity contribution in [2.75, 3.05) is 11.9 Å². The highest BCUT2D eigenvalue weighted by Gasteiger charge is 2.39. The fourth-order valence-electron chi connectivity index (χ4n) is 3.76. The number of imide groups is 1. The van der Waals surface area contributed by atoms with Crippen LogP contribution in [-0.2, 0) is 16.0 Å². The van der Waals surface area contributed by atoms with Crippen molar-refractivity contribution in [1.29, 1.82) is 0 Å². The molecule has 1 N–H and O–H groups in total. The topological polar surface area (TPSA) is 49.4 Å². The van der Waals surface area contributed by atoms with Crippen molar-refractivity contribution in [2.45, 2.75) is 20.3 Å². The normalized spacial score (nSPS) is 13.8. The van der Waals surface area contributed by atoms with Crippen LogP contribution in [0.3, 0.4) is 0 Å². The van der Waals surface area contributed by atoms with Gasteiger partial charge in [-0.25, -0.2) is 8.78 Å². The molecule has 0 spiro atoms. The van der Waals surface area contributed by atoms with E-state index in [4.69, 9.17) is 0 Å². The van der Waals surface area contributed by atoms with Gasteiger partial charge < -0.3 is 5.32 Å². The molecule has 0 aliphatic carbocycles. The van der Waals surface area contributed by atoms with Gasteiger partial charge >= 0.3 is 0 Å². The van der Waals surface area contributed by atoms with Crippen LogP contribution in [0.25, 0.3) is 5.57 Å². The predicted octanol–water partition coefficient (Wildman–Crippen LogP) is 5.02. The molecule has 1 aliphatic rings. The highest BCUT2D eigenvalue weighted by atomic mass is 19.1. The van der Waals surface area contributed by atoms with Crippen LogP contribution in [0.15, 0.2) is 72.4 Å². The van der Waals surface area contributed by atoms with Crippen molar-refractivity contribution in [3.05, 3.63) is 106 Å². The van der Waals surface area contributed by atoms with Gasteiger partial charge in [0.15, 0.2) is 0 Å². The fraction of sp³-hybridized carbons (Fsp3) is 0.154. The number of carbonyl (C=O) groups excluding carboxylic acids is 2. The summed E-state index contributed by atoms with van der Waals surface area (Å²) in [4.78, 5) is 27.7. The van der Waals surface area contributed by atoms with Crippen molar-refractivity contribution in [3.8, 4) is 0 Å². The maximum atomic E-state index is 13.5. The third-order valence-electron chi connectivity index (χ3n) is 5.48. The van der Waals surface area contributed by atoms with Crippen molar-refractivity contribution < 1.29 is 18.4 Å². The summed E-state index contributed by atoms with van der Waals surface area (Å²) in [5.74, 6) is -1.67. The molecule has 1 heterocycles. The molecule has 0 aromatic heterocycles. The fourth-order valence-corrected chi connectivity index (χ4v) is 3.76. The lowest BCUT2D eigenvalue weighted by molar-refractivity contribution is -0.136. The zero-order valence-electron chi connectivity index (χ0n) is 17.8. The molecule has 2 amide bonds. The summed E-state index contributed by atoms with van der Waals surface area (Å²) in [6, 6.07) is 17.2. The number of rotatable bonds is 6. The number of aryl methyl sites for hydroxylation is 2. The van der Waals surface area contributed by atoms with E-state index in [1.54, 1.807) is 12.1 Å². The quantitative estimate of drug-likeness (QED) is 0.557. The summed E-state index contributed by atoms with van der Waals surface area (Å²) >= 11 is 0. The molecule has 0 bridgehead atoms. The molecule has 0 saturated carbocycles. The molecule has 32 heavy (non-hydrogen) atoms. The van der Waals surface area contributed by atoms with E-state index in [9.17, 15) is 18.4 Å². The van der Waals surface area contributed by atoms with Crippen LogP contribution in [0.5, 0.6) is 0 Å². The molecular weight excluding hydrogens is 410 g/mol. The molecule has 0 fully saturated rings. The Morgan fingerprint density at radius 2 is 1.44 bits per heavy atom. The molecule has 3 aromatic rings. The molecule has 3 aromatic carbocycles. The molecule has 0 atom stereocenters. The van der Waals surface area contributed by atoms with Gasteiger partial charge in [0.2, 0.25) is 0 Å². The Bertz CT molecular complexity index is 1220. The van der Waals surface area contributed by atoms with E-state index in [-0.39, 0.29) is 23.6 Å². The maximum Gasteiger partial charge on any atom is 0.278 e. The molecule has 1 aliphatic heterocycles. The van der Waals surface area contributed by atoms with Crippen molar-refractivity contribution in [1.82, 2.24) is 4.90 Å². The van der Waals surface area contributed by atoms with E-state index in [0.29, 0.717) is 17.7 Å². The Kier molecular flexibility index (Phi) is 5.86. The third kappa shape index (κ3) is 4.30. The zero-order valence-corrected chi connectivity index (χ0v) is 17.8. The van der Waals surface area contributed by atoms with Gasteiger partial charge in [0.05, 0.1) is 5.57 Å². The van der Waals surface area contributed by atoms with E-state index < -0.39 is 17.6 Å². The molecular formula is C26H22F2N2O2. The van der Waals surface area contributed by atoms with E-state index in [2.05, 4.69) is 5.32 Å². The smallest absolute Gasteiger partial charge is 0.278 e. The Morgan fingerprint density at radius 1 is 0.812 bits per heavy atom. The van der Waals surface area contributed by atoms with Crippen LogP contribution in [0, 0.1) is 25.5 Å². The second-order valence-electron chi connectivity index (χ2n) is 7.84. The average molecular weight is 432 g/mol. The van der Waals surface area contributed by atoms with Crippen LogP contribution in [0.2, 0.25) is 0 Å². The van der Waals surface area contributed by atoms with Gasteiger partial charge in [-0.3, -0.25) is 14.5 Å².